The molecule has 116 valence electrons. The van der Waals surface area contributed by atoms with Crippen molar-refractivity contribution in [2.24, 2.45) is 5.10 Å². The molecule has 8 heteroatoms. The first-order valence-corrected chi connectivity index (χ1v) is 7.15. The van der Waals surface area contributed by atoms with E-state index in [1.54, 1.807) is 54.3 Å². The number of nitrogens with zero attached hydrogens (tertiary/aromatic N) is 4. The topological polar surface area (TPSA) is 83.7 Å². The van der Waals surface area contributed by atoms with Gasteiger partial charge in [-0.25, -0.2) is 15.4 Å². The van der Waals surface area contributed by atoms with Crippen LogP contribution in [-0.4, -0.2) is 33.5 Å². The Morgan fingerprint density at radius 2 is 2.13 bits per heavy atom. The zero-order valence-electron chi connectivity index (χ0n) is 12.2. The van der Waals surface area contributed by atoms with Gasteiger partial charge in [0.2, 0.25) is 0 Å². The highest BCUT2D eigenvalue weighted by molar-refractivity contribution is 6.30. The number of fused-ring (bicyclic) bond motifs is 1. The molecule has 1 amide bonds. The summed E-state index contributed by atoms with van der Waals surface area (Å²) in [6.07, 6.45) is 6.49. The second-order valence-corrected chi connectivity index (χ2v) is 5.07. The summed E-state index contributed by atoms with van der Waals surface area (Å²) in [5, 5.41) is 7.48. The van der Waals surface area contributed by atoms with Gasteiger partial charge >= 0.3 is 0 Å². The molecule has 3 aromatic rings. The second kappa shape index (κ2) is 6.45. The Bertz CT molecular complexity index is 871. The van der Waals surface area contributed by atoms with E-state index in [1.165, 1.54) is 6.21 Å². The molecule has 0 unspecified atom stereocenters. The van der Waals surface area contributed by atoms with Crippen LogP contribution in [0.3, 0.4) is 0 Å². The number of hydrogen-bond acceptors (Lipinski definition) is 5. The summed E-state index contributed by atoms with van der Waals surface area (Å²) < 4.78 is 1.72. The van der Waals surface area contributed by atoms with Crippen LogP contribution in [0.5, 0.6) is 0 Å². The van der Waals surface area contributed by atoms with E-state index in [0.29, 0.717) is 16.5 Å². The normalized spacial score (nSPS) is 11.0. The molecular formula is C15H13ClN6O. The third kappa shape index (κ3) is 3.29. The van der Waals surface area contributed by atoms with Crippen LogP contribution in [0.1, 0.15) is 16.1 Å². The van der Waals surface area contributed by atoms with E-state index < -0.39 is 5.91 Å². The number of halogens is 1. The van der Waals surface area contributed by atoms with Crippen molar-refractivity contribution in [2.45, 2.75) is 0 Å². The minimum absolute atomic E-state index is 0.253. The molecule has 0 saturated carbocycles. The van der Waals surface area contributed by atoms with Gasteiger partial charge in [-0.15, -0.1) is 0 Å². The Hall–Kier alpha value is -2.93. The van der Waals surface area contributed by atoms with Crippen molar-refractivity contribution >= 4 is 35.2 Å². The van der Waals surface area contributed by atoms with Crippen LogP contribution in [0.2, 0.25) is 5.02 Å². The number of benzene rings is 1. The zero-order chi connectivity index (χ0) is 16.2. The van der Waals surface area contributed by atoms with E-state index in [-0.39, 0.29) is 5.69 Å². The highest BCUT2D eigenvalue weighted by Crippen LogP contribution is 2.12. The number of anilines is 1. The van der Waals surface area contributed by atoms with Gasteiger partial charge in [-0.05, 0) is 17.7 Å². The zero-order valence-corrected chi connectivity index (χ0v) is 12.9. The van der Waals surface area contributed by atoms with Gasteiger partial charge in [0, 0.05) is 30.7 Å². The van der Waals surface area contributed by atoms with E-state index in [0.717, 1.165) is 5.56 Å². The molecular weight excluding hydrogens is 316 g/mol. The number of nitrogens with one attached hydrogen (secondary N) is 2. The fourth-order valence-corrected chi connectivity index (χ4v) is 2.10. The number of carbonyl (C=O) groups is 1. The molecule has 0 aliphatic rings. The summed E-state index contributed by atoms with van der Waals surface area (Å²) in [6, 6.07) is 7.10. The quantitative estimate of drug-likeness (QED) is 0.568. The minimum Gasteiger partial charge on any atom is -0.370 e. The van der Waals surface area contributed by atoms with E-state index in [1.807, 2.05) is 0 Å². The first kappa shape index (κ1) is 15.0. The molecule has 0 fully saturated rings. The third-order valence-corrected chi connectivity index (χ3v) is 3.35. The number of hydrogen-bond donors (Lipinski definition) is 2. The molecule has 0 radical (unpaired) electrons. The molecule has 0 aliphatic carbocycles. The maximum atomic E-state index is 12.1. The van der Waals surface area contributed by atoms with Crippen LogP contribution in [0.25, 0.3) is 5.65 Å². The smallest absolute Gasteiger partial charge is 0.291 e. The molecule has 0 atom stereocenters. The Morgan fingerprint density at radius 1 is 1.35 bits per heavy atom. The van der Waals surface area contributed by atoms with E-state index in [4.69, 9.17) is 11.6 Å². The van der Waals surface area contributed by atoms with Crippen molar-refractivity contribution in [1.82, 2.24) is 19.8 Å². The lowest BCUT2D eigenvalue weighted by Crippen LogP contribution is -2.17. The molecule has 7 nitrogen and oxygen atoms in total. The summed E-state index contributed by atoms with van der Waals surface area (Å²) in [4.78, 5) is 20.5. The average Bonchev–Trinajstić information content (AvgIpc) is 3.01. The van der Waals surface area contributed by atoms with Gasteiger partial charge in [0.25, 0.3) is 5.91 Å². The molecule has 1 aromatic carbocycles. The molecule has 0 bridgehead atoms. The molecule has 2 heterocycles. The lowest BCUT2D eigenvalue weighted by atomic mass is 10.2. The summed E-state index contributed by atoms with van der Waals surface area (Å²) in [7, 11) is 1.74. The summed E-state index contributed by atoms with van der Waals surface area (Å²) in [5.74, 6) is 0.192. The standard InChI is InChI=1S/C15H13ClN6O/c1-17-13-14-20-12(9-22(14)7-6-18-13)15(23)21-19-8-10-2-4-11(16)5-3-10/h2-9H,1H3,(H,17,18)(H,21,23)/b19-8-. The summed E-state index contributed by atoms with van der Waals surface area (Å²) in [5.41, 5.74) is 4.09. The van der Waals surface area contributed by atoms with E-state index >= 15 is 0 Å². The van der Waals surface area contributed by atoms with Crippen molar-refractivity contribution < 1.29 is 4.79 Å². The number of rotatable bonds is 4. The number of aromatic nitrogens is 3. The van der Waals surface area contributed by atoms with Crippen LogP contribution >= 0.6 is 11.6 Å². The number of carbonyl (C=O) groups excluding carboxylic acids is 1. The van der Waals surface area contributed by atoms with Gasteiger partial charge in [-0.3, -0.25) is 4.79 Å². The molecule has 0 saturated heterocycles. The van der Waals surface area contributed by atoms with Crippen LogP contribution in [0.15, 0.2) is 48.0 Å². The largest absolute Gasteiger partial charge is 0.370 e. The van der Waals surface area contributed by atoms with Crippen molar-refractivity contribution in [3.63, 3.8) is 0 Å². The lowest BCUT2D eigenvalue weighted by Gasteiger charge is -1.98. The first-order chi connectivity index (χ1) is 11.2. The van der Waals surface area contributed by atoms with Crippen molar-refractivity contribution in [3.05, 3.63) is 59.1 Å². The fourth-order valence-electron chi connectivity index (χ4n) is 1.98. The highest BCUT2D eigenvalue weighted by Gasteiger charge is 2.12. The van der Waals surface area contributed by atoms with Crippen LogP contribution in [0.4, 0.5) is 5.82 Å². The molecule has 2 aromatic heterocycles. The van der Waals surface area contributed by atoms with Crippen molar-refractivity contribution in [2.75, 3.05) is 12.4 Å². The Morgan fingerprint density at radius 3 is 2.87 bits per heavy atom. The van der Waals surface area contributed by atoms with Gasteiger partial charge in [0.1, 0.15) is 5.69 Å². The maximum absolute atomic E-state index is 12.1. The summed E-state index contributed by atoms with van der Waals surface area (Å²) >= 11 is 5.80. The van der Waals surface area contributed by atoms with Crippen LogP contribution in [0, 0.1) is 0 Å². The van der Waals surface area contributed by atoms with Crippen molar-refractivity contribution in [3.8, 4) is 0 Å². The molecule has 23 heavy (non-hydrogen) atoms. The number of hydrazone groups is 1. The third-order valence-electron chi connectivity index (χ3n) is 3.09. The highest BCUT2D eigenvalue weighted by atomic mass is 35.5. The van der Waals surface area contributed by atoms with Gasteiger partial charge < -0.3 is 9.72 Å². The van der Waals surface area contributed by atoms with Gasteiger partial charge in [-0.2, -0.15) is 5.10 Å². The SMILES string of the molecule is CNc1nccn2cc(C(=O)N/N=C\c3ccc(Cl)cc3)nc12. The maximum Gasteiger partial charge on any atom is 0.291 e. The van der Waals surface area contributed by atoms with Crippen LogP contribution in [-0.2, 0) is 0 Å². The monoisotopic (exact) mass is 328 g/mol. The second-order valence-electron chi connectivity index (χ2n) is 4.63. The number of imidazole rings is 1. The molecule has 2 N–H and O–H groups in total. The predicted octanol–water partition coefficient (Wildman–Crippen LogP) is 2.19. The summed E-state index contributed by atoms with van der Waals surface area (Å²) in [6.45, 7) is 0. The van der Waals surface area contributed by atoms with Crippen LogP contribution < -0.4 is 10.7 Å². The van der Waals surface area contributed by atoms with Gasteiger partial charge in [0.05, 0.1) is 6.21 Å². The minimum atomic E-state index is -0.402. The van der Waals surface area contributed by atoms with E-state index in [2.05, 4.69) is 25.8 Å². The molecule has 0 aliphatic heterocycles. The van der Waals surface area contributed by atoms with Crippen molar-refractivity contribution in [1.29, 1.82) is 0 Å². The lowest BCUT2D eigenvalue weighted by molar-refractivity contribution is 0.0951. The Labute approximate surface area is 137 Å². The van der Waals surface area contributed by atoms with E-state index in [9.17, 15) is 4.79 Å². The van der Waals surface area contributed by atoms with Gasteiger partial charge in [-0.1, -0.05) is 23.7 Å². The number of amides is 1. The Kier molecular flexibility index (Phi) is 4.20. The first-order valence-electron chi connectivity index (χ1n) is 6.78. The molecule has 0 spiro atoms. The van der Waals surface area contributed by atoms with Gasteiger partial charge in [0.15, 0.2) is 11.5 Å². The fraction of sp³-hybridized carbons (Fsp3) is 0.0667. The predicted molar refractivity (Wildman–Crippen MR) is 89.0 cm³/mol. The Balaban J connectivity index is 1.74. The average molecular weight is 329 g/mol. The molecule has 3 rings (SSSR count).